The number of hydrogen-bond donors (Lipinski definition) is 1. The molecule has 1 aliphatic rings. The van der Waals surface area contributed by atoms with Gasteiger partial charge in [0.2, 0.25) is 5.89 Å². The van der Waals surface area contributed by atoms with Gasteiger partial charge in [-0.25, -0.2) is 23.1 Å². The van der Waals surface area contributed by atoms with Gasteiger partial charge >= 0.3 is 11.1 Å². The summed E-state index contributed by atoms with van der Waals surface area (Å²) in [6.07, 6.45) is 0.516. The second kappa shape index (κ2) is 7.67. The van der Waals surface area contributed by atoms with E-state index in [1.54, 1.807) is 48.5 Å². The summed E-state index contributed by atoms with van der Waals surface area (Å²) < 4.78 is 36.2. The van der Waals surface area contributed by atoms with Crippen LogP contribution in [0.4, 0.5) is 4.79 Å². The predicted octanol–water partition coefficient (Wildman–Crippen LogP) is 2.89. The Hall–Kier alpha value is -3.20. The number of aromatic nitrogens is 2. The van der Waals surface area contributed by atoms with Crippen LogP contribution in [0.5, 0.6) is 0 Å². The maximum absolute atomic E-state index is 13.1. The number of nitrogens with zero attached hydrogens (tertiary/aromatic N) is 1. The Bertz CT molecular complexity index is 1180. The highest BCUT2D eigenvalue weighted by molar-refractivity contribution is 8.05. The zero-order chi connectivity index (χ0) is 20.4. The molecule has 2 atom stereocenters. The molecule has 0 saturated carbocycles. The molecule has 1 N–H and O–H groups in total. The van der Waals surface area contributed by atoms with E-state index in [4.69, 9.17) is 9.15 Å². The van der Waals surface area contributed by atoms with Gasteiger partial charge in [-0.05, 0) is 29.5 Å². The maximum Gasteiger partial charge on any atom is 0.434 e. The molecule has 0 amide bonds. The van der Waals surface area contributed by atoms with E-state index in [9.17, 15) is 18.0 Å². The normalized spacial score (nSPS) is 18.8. The van der Waals surface area contributed by atoms with Gasteiger partial charge in [0.05, 0.1) is 5.25 Å². The molecule has 1 aliphatic carbocycles. The molecule has 2 aromatic carbocycles. The summed E-state index contributed by atoms with van der Waals surface area (Å²) in [6.45, 7) is -0.134. The highest BCUT2D eigenvalue weighted by atomic mass is 32.2. The second-order valence-electron chi connectivity index (χ2n) is 6.84. The molecular formula is C20H18N2O6S. The maximum atomic E-state index is 13.1. The van der Waals surface area contributed by atoms with E-state index >= 15 is 0 Å². The molecule has 0 saturated heterocycles. The van der Waals surface area contributed by atoms with Crippen molar-refractivity contribution < 1.29 is 22.4 Å². The Kier molecular flexibility index (Phi) is 5.06. The highest BCUT2D eigenvalue weighted by Crippen LogP contribution is 2.42. The average Bonchev–Trinajstić information content (AvgIpc) is 3.18. The first kappa shape index (κ1) is 19.1. The molecule has 8 nitrogen and oxygen atoms in total. The number of aromatic amines is 1. The largest absolute Gasteiger partial charge is 0.449 e. The summed E-state index contributed by atoms with van der Waals surface area (Å²) >= 11 is 0. The van der Waals surface area contributed by atoms with Crippen molar-refractivity contribution in [2.24, 2.45) is 0 Å². The second-order valence-corrected chi connectivity index (χ2v) is 8.84. The van der Waals surface area contributed by atoms with E-state index in [2.05, 4.69) is 10.2 Å². The fourth-order valence-electron chi connectivity index (χ4n) is 3.58. The number of carbonyl (C=O) groups excluding carboxylic acids is 1. The number of hydrogen-bond acceptors (Lipinski definition) is 7. The van der Waals surface area contributed by atoms with E-state index in [0.29, 0.717) is 17.5 Å². The number of fused-ring (bicyclic) bond motifs is 1. The standard InChI is InChI=1S/C20H18N2O6S/c23-19-22-21-18(28-19)15-10-14-8-4-5-9-16(14)17(11-15)29(25,26)20(24)27-12-13-6-2-1-3-7-13/h1-9,15,17H,10-12H2,(H,22,23)/t15-,17?/m1/s1. The smallest absolute Gasteiger partial charge is 0.434 e. The molecule has 0 fully saturated rings. The average molecular weight is 414 g/mol. The number of carbonyl (C=O) groups is 1. The summed E-state index contributed by atoms with van der Waals surface area (Å²) in [6, 6.07) is 15.9. The van der Waals surface area contributed by atoms with E-state index in [0.717, 1.165) is 5.56 Å². The number of nitrogens with one attached hydrogen (secondary N) is 1. The lowest BCUT2D eigenvalue weighted by Gasteiger charge is -2.28. The van der Waals surface area contributed by atoms with Crippen LogP contribution < -0.4 is 5.76 Å². The molecule has 0 bridgehead atoms. The fourth-order valence-corrected chi connectivity index (χ4v) is 5.09. The summed E-state index contributed by atoms with van der Waals surface area (Å²) in [5, 5.41) is 3.64. The van der Waals surface area contributed by atoms with Gasteiger partial charge in [-0.2, -0.15) is 0 Å². The van der Waals surface area contributed by atoms with Gasteiger partial charge in [-0.1, -0.05) is 54.6 Å². The Morgan fingerprint density at radius 1 is 1.14 bits per heavy atom. The van der Waals surface area contributed by atoms with E-state index in [-0.39, 0.29) is 18.9 Å². The van der Waals surface area contributed by atoms with Crippen molar-refractivity contribution in [2.75, 3.05) is 0 Å². The van der Waals surface area contributed by atoms with Crippen molar-refractivity contribution in [3.05, 3.63) is 87.7 Å². The molecule has 0 radical (unpaired) electrons. The number of benzene rings is 2. The monoisotopic (exact) mass is 414 g/mol. The van der Waals surface area contributed by atoms with Crippen LogP contribution in [-0.2, 0) is 27.6 Å². The summed E-state index contributed by atoms with van der Waals surface area (Å²) in [5.74, 6) is -1.03. The summed E-state index contributed by atoms with van der Waals surface area (Å²) in [5.41, 5.74) is 2.01. The van der Waals surface area contributed by atoms with Gasteiger partial charge in [0.15, 0.2) is 0 Å². The van der Waals surface area contributed by atoms with E-state index < -0.39 is 32.1 Å². The molecule has 29 heavy (non-hydrogen) atoms. The van der Waals surface area contributed by atoms with Crippen molar-refractivity contribution >= 4 is 15.1 Å². The van der Waals surface area contributed by atoms with Gasteiger partial charge in [-0.3, -0.25) is 0 Å². The number of rotatable bonds is 4. The van der Waals surface area contributed by atoms with Crippen molar-refractivity contribution in [1.82, 2.24) is 10.2 Å². The van der Waals surface area contributed by atoms with Gasteiger partial charge < -0.3 is 9.15 Å². The molecule has 9 heteroatoms. The third kappa shape index (κ3) is 3.86. The topological polar surface area (TPSA) is 119 Å². The van der Waals surface area contributed by atoms with Crippen LogP contribution in [-0.4, -0.2) is 23.9 Å². The number of H-pyrrole nitrogens is 1. The SMILES string of the molecule is O=C(OCc1ccccc1)S(=O)(=O)C1C[C@H](c2n[nH]c(=O)o2)Cc2ccccc21. The number of ether oxygens (including phenoxy) is 1. The van der Waals surface area contributed by atoms with E-state index in [1.807, 2.05) is 6.07 Å². The minimum atomic E-state index is -4.30. The lowest BCUT2D eigenvalue weighted by molar-refractivity contribution is 0.165. The lowest BCUT2D eigenvalue weighted by Crippen LogP contribution is -2.29. The third-order valence-electron chi connectivity index (χ3n) is 4.98. The molecule has 1 unspecified atom stereocenters. The summed E-state index contributed by atoms with van der Waals surface area (Å²) in [7, 11) is -4.30. The zero-order valence-electron chi connectivity index (χ0n) is 15.3. The summed E-state index contributed by atoms with van der Waals surface area (Å²) in [4.78, 5) is 23.8. The molecule has 150 valence electrons. The third-order valence-corrected chi connectivity index (χ3v) is 6.76. The minimum absolute atomic E-state index is 0.0631. The van der Waals surface area contributed by atoms with Gasteiger partial charge in [0.25, 0.3) is 9.84 Å². The molecule has 0 spiro atoms. The van der Waals surface area contributed by atoms with Gasteiger partial charge in [0.1, 0.15) is 6.61 Å². The Morgan fingerprint density at radius 3 is 2.59 bits per heavy atom. The molecule has 3 aromatic rings. The molecule has 1 heterocycles. The quantitative estimate of drug-likeness (QED) is 0.652. The molecule has 4 rings (SSSR count). The predicted molar refractivity (Wildman–Crippen MR) is 103 cm³/mol. The molecular weight excluding hydrogens is 396 g/mol. The van der Waals surface area contributed by atoms with Crippen molar-refractivity contribution in [1.29, 1.82) is 0 Å². The first-order chi connectivity index (χ1) is 13.9. The fraction of sp³-hybridized carbons (Fsp3) is 0.250. The van der Waals surface area contributed by atoms with Crippen LogP contribution >= 0.6 is 0 Å². The van der Waals surface area contributed by atoms with Crippen LogP contribution in [0.15, 0.2) is 63.8 Å². The first-order valence-corrected chi connectivity index (χ1v) is 10.6. The Labute approximate surface area is 166 Å². The minimum Gasteiger partial charge on any atom is -0.449 e. The van der Waals surface area contributed by atoms with Crippen LogP contribution in [0.3, 0.4) is 0 Å². The van der Waals surface area contributed by atoms with Crippen molar-refractivity contribution in [3.63, 3.8) is 0 Å². The van der Waals surface area contributed by atoms with Crippen LogP contribution in [0.2, 0.25) is 0 Å². The Balaban J connectivity index is 1.62. The lowest BCUT2D eigenvalue weighted by atomic mass is 9.83. The molecule has 1 aromatic heterocycles. The first-order valence-electron chi connectivity index (χ1n) is 9.03. The van der Waals surface area contributed by atoms with Crippen molar-refractivity contribution in [2.45, 2.75) is 30.6 Å². The van der Waals surface area contributed by atoms with Gasteiger partial charge in [-0.15, -0.1) is 5.10 Å². The zero-order valence-corrected chi connectivity index (χ0v) is 16.1. The van der Waals surface area contributed by atoms with Crippen molar-refractivity contribution in [3.8, 4) is 0 Å². The van der Waals surface area contributed by atoms with Gasteiger partial charge in [0, 0.05) is 5.92 Å². The van der Waals surface area contributed by atoms with Crippen LogP contribution in [0.1, 0.15) is 40.2 Å². The van der Waals surface area contributed by atoms with Crippen LogP contribution in [0.25, 0.3) is 0 Å². The highest BCUT2D eigenvalue weighted by Gasteiger charge is 2.42. The van der Waals surface area contributed by atoms with Crippen LogP contribution in [0, 0.1) is 0 Å². The Morgan fingerprint density at radius 2 is 1.86 bits per heavy atom. The van der Waals surface area contributed by atoms with E-state index in [1.165, 1.54) is 0 Å². The molecule has 0 aliphatic heterocycles. The number of sulfone groups is 1.